The number of hydrogen-bond acceptors (Lipinski definition) is 6. The molecule has 0 radical (unpaired) electrons. The first-order valence-electron chi connectivity index (χ1n) is 11.5. The number of rotatable bonds is 7. The van der Waals surface area contributed by atoms with Crippen LogP contribution in [0.25, 0.3) is 11.0 Å². The predicted molar refractivity (Wildman–Crippen MR) is 128 cm³/mol. The number of fused-ring (bicyclic) bond motifs is 1. The lowest BCUT2D eigenvalue weighted by Gasteiger charge is -2.34. The maximum Gasteiger partial charge on any atom is 0.264 e. The summed E-state index contributed by atoms with van der Waals surface area (Å²) < 4.78 is 30.5. The van der Waals surface area contributed by atoms with Crippen molar-refractivity contribution < 1.29 is 13.2 Å². The zero-order chi connectivity index (χ0) is 24.5. The van der Waals surface area contributed by atoms with Gasteiger partial charge in [-0.3, -0.25) is 18.8 Å². The van der Waals surface area contributed by atoms with Crippen LogP contribution in [-0.2, 0) is 28.4 Å². The molecule has 1 aromatic carbocycles. The number of aryl methyl sites for hydroxylation is 2. The summed E-state index contributed by atoms with van der Waals surface area (Å²) in [5.74, 6) is 0.261. The molecule has 0 saturated carbocycles. The smallest absolute Gasteiger partial charge is 0.264 e. The molecular formula is C23H30N6O4S. The number of hydrogen-bond donors (Lipinski definition) is 0. The summed E-state index contributed by atoms with van der Waals surface area (Å²) in [5, 5.41) is 4.45. The number of piperazine rings is 1. The summed E-state index contributed by atoms with van der Waals surface area (Å²) in [6, 6.07) is 7.08. The lowest BCUT2D eigenvalue weighted by Crippen LogP contribution is -2.50. The van der Waals surface area contributed by atoms with Gasteiger partial charge < -0.3 is 4.90 Å². The first kappa shape index (κ1) is 24.1. The summed E-state index contributed by atoms with van der Waals surface area (Å²) in [6.45, 7) is 5.54. The van der Waals surface area contributed by atoms with Gasteiger partial charge in [0.2, 0.25) is 15.9 Å². The predicted octanol–water partition coefficient (Wildman–Crippen LogP) is 1.57. The van der Waals surface area contributed by atoms with Gasteiger partial charge in [0, 0.05) is 46.2 Å². The highest BCUT2D eigenvalue weighted by atomic mass is 32.2. The Kier molecular flexibility index (Phi) is 6.85. The molecular weight excluding hydrogens is 456 g/mol. The van der Waals surface area contributed by atoms with Gasteiger partial charge in [0.25, 0.3) is 5.56 Å². The normalized spacial score (nSPS) is 16.1. The highest BCUT2D eigenvalue weighted by molar-refractivity contribution is 7.89. The van der Waals surface area contributed by atoms with Gasteiger partial charge in [-0.1, -0.05) is 26.0 Å². The third kappa shape index (κ3) is 4.62. The number of benzene rings is 1. The Labute approximate surface area is 198 Å². The van der Waals surface area contributed by atoms with Crippen LogP contribution in [0.3, 0.4) is 0 Å². The van der Waals surface area contributed by atoms with E-state index in [1.807, 2.05) is 12.1 Å². The number of aromatic nitrogens is 4. The van der Waals surface area contributed by atoms with Gasteiger partial charge >= 0.3 is 0 Å². The Morgan fingerprint density at radius 2 is 1.79 bits per heavy atom. The lowest BCUT2D eigenvalue weighted by atomic mass is 9.99. The molecule has 3 aromatic rings. The molecule has 0 spiro atoms. The SMILES string of the molecule is CC[C@@H](C)c1ccc(S(=O)(=O)N2CCN(C(=O)CCn3cnc4c(cnn4C)c3=O)CC2)cc1. The molecule has 182 valence electrons. The maximum absolute atomic E-state index is 13.0. The molecule has 0 N–H and O–H groups in total. The average molecular weight is 487 g/mol. The fourth-order valence-corrected chi connectivity index (χ4v) is 5.55. The zero-order valence-corrected chi connectivity index (χ0v) is 20.5. The molecule has 11 heteroatoms. The third-order valence-corrected chi connectivity index (χ3v) is 8.49. The van der Waals surface area contributed by atoms with Crippen molar-refractivity contribution in [1.82, 2.24) is 28.5 Å². The van der Waals surface area contributed by atoms with Crippen LogP contribution in [0.5, 0.6) is 0 Å². The van der Waals surface area contributed by atoms with Gasteiger partial charge in [0.1, 0.15) is 5.39 Å². The van der Waals surface area contributed by atoms with Gasteiger partial charge in [-0.25, -0.2) is 13.4 Å². The third-order valence-electron chi connectivity index (χ3n) is 6.58. The molecule has 1 saturated heterocycles. The summed E-state index contributed by atoms with van der Waals surface area (Å²) in [5.41, 5.74) is 1.38. The van der Waals surface area contributed by atoms with Crippen molar-refractivity contribution in [3.63, 3.8) is 0 Å². The van der Waals surface area contributed by atoms with Crippen molar-refractivity contribution in [3.8, 4) is 0 Å². The molecule has 0 aliphatic carbocycles. The van der Waals surface area contributed by atoms with Gasteiger partial charge in [-0.05, 0) is 30.0 Å². The Balaban J connectivity index is 1.34. The fourth-order valence-electron chi connectivity index (χ4n) is 4.13. The van der Waals surface area contributed by atoms with Crippen molar-refractivity contribution >= 4 is 27.0 Å². The fraction of sp³-hybridized carbons (Fsp3) is 0.478. The van der Waals surface area contributed by atoms with Crippen molar-refractivity contribution in [3.05, 3.63) is 52.7 Å². The number of carbonyl (C=O) groups excluding carboxylic acids is 1. The van der Waals surface area contributed by atoms with Crippen molar-refractivity contribution in [2.45, 2.75) is 44.0 Å². The van der Waals surface area contributed by atoms with E-state index in [2.05, 4.69) is 23.9 Å². The topological polar surface area (TPSA) is 110 Å². The van der Waals surface area contributed by atoms with Crippen LogP contribution in [-0.4, -0.2) is 69.0 Å². The summed E-state index contributed by atoms with van der Waals surface area (Å²) in [4.78, 5) is 31.4. The van der Waals surface area contributed by atoms with E-state index >= 15 is 0 Å². The first-order valence-corrected chi connectivity index (χ1v) is 12.9. The second-order valence-corrected chi connectivity index (χ2v) is 10.6. The summed E-state index contributed by atoms with van der Waals surface area (Å²) in [7, 11) is -1.89. The molecule has 4 rings (SSSR count). The van der Waals surface area contributed by atoms with Crippen LogP contribution in [0, 0.1) is 0 Å². The van der Waals surface area contributed by atoms with Crippen LogP contribution in [0.1, 0.15) is 38.2 Å². The van der Waals surface area contributed by atoms with Gasteiger partial charge in [-0.15, -0.1) is 0 Å². The molecule has 0 unspecified atom stereocenters. The van der Waals surface area contributed by atoms with Gasteiger partial charge in [0.05, 0.1) is 17.4 Å². The molecule has 1 amide bonds. The molecule has 1 fully saturated rings. The van der Waals surface area contributed by atoms with E-state index in [0.717, 1.165) is 12.0 Å². The zero-order valence-electron chi connectivity index (χ0n) is 19.7. The second kappa shape index (κ2) is 9.67. The van der Waals surface area contributed by atoms with Crippen LogP contribution in [0.4, 0.5) is 0 Å². The van der Waals surface area contributed by atoms with Gasteiger partial charge in [0.15, 0.2) is 5.65 Å². The quantitative estimate of drug-likeness (QED) is 0.501. The molecule has 1 atom stereocenters. The van der Waals surface area contributed by atoms with Crippen molar-refractivity contribution in [2.24, 2.45) is 7.05 Å². The van der Waals surface area contributed by atoms with Crippen molar-refractivity contribution in [1.29, 1.82) is 0 Å². The molecule has 2 aromatic heterocycles. The highest BCUT2D eigenvalue weighted by Gasteiger charge is 2.30. The Morgan fingerprint density at radius 3 is 2.44 bits per heavy atom. The van der Waals surface area contributed by atoms with Crippen LogP contribution >= 0.6 is 0 Å². The Morgan fingerprint density at radius 1 is 1.12 bits per heavy atom. The van der Waals surface area contributed by atoms with E-state index in [1.54, 1.807) is 24.1 Å². The molecule has 1 aliphatic heterocycles. The van der Waals surface area contributed by atoms with Crippen LogP contribution in [0.2, 0.25) is 0 Å². The molecule has 1 aliphatic rings. The molecule has 0 bridgehead atoms. The first-order chi connectivity index (χ1) is 16.2. The van der Waals surface area contributed by atoms with E-state index in [-0.39, 0.29) is 42.4 Å². The standard InChI is InChI=1S/C23H30N6O4S/c1-4-17(2)18-5-7-19(8-6-18)34(32,33)29-13-11-27(12-14-29)21(30)9-10-28-16-24-22-20(23(28)31)15-25-26(22)3/h5-8,15-17H,4,9-14H2,1-3H3/t17-/m1/s1. The van der Waals surface area contributed by atoms with E-state index in [9.17, 15) is 18.0 Å². The molecule has 34 heavy (non-hydrogen) atoms. The number of carbonyl (C=O) groups is 1. The van der Waals surface area contributed by atoms with Crippen LogP contribution in [0.15, 0.2) is 46.5 Å². The average Bonchev–Trinajstić information content (AvgIpc) is 3.24. The van der Waals surface area contributed by atoms with Crippen LogP contribution < -0.4 is 5.56 Å². The van der Waals surface area contributed by atoms with E-state index in [1.165, 1.54) is 26.1 Å². The lowest BCUT2D eigenvalue weighted by molar-refractivity contribution is -0.132. The molecule has 3 heterocycles. The number of sulfonamides is 1. The minimum atomic E-state index is -3.61. The van der Waals surface area contributed by atoms with E-state index in [4.69, 9.17) is 0 Å². The highest BCUT2D eigenvalue weighted by Crippen LogP contribution is 2.23. The monoisotopic (exact) mass is 486 g/mol. The number of nitrogens with zero attached hydrogens (tertiary/aromatic N) is 6. The number of amides is 1. The minimum absolute atomic E-state index is 0.117. The maximum atomic E-state index is 13.0. The van der Waals surface area contributed by atoms with Gasteiger partial charge in [-0.2, -0.15) is 9.40 Å². The van der Waals surface area contributed by atoms with E-state index < -0.39 is 10.0 Å². The minimum Gasteiger partial charge on any atom is -0.340 e. The van der Waals surface area contributed by atoms with E-state index in [0.29, 0.717) is 30.0 Å². The summed E-state index contributed by atoms with van der Waals surface area (Å²) in [6.07, 6.45) is 4.03. The Hall–Kier alpha value is -3.05. The largest absolute Gasteiger partial charge is 0.340 e. The van der Waals surface area contributed by atoms with Crippen molar-refractivity contribution in [2.75, 3.05) is 26.2 Å². The molecule has 10 nitrogen and oxygen atoms in total. The Bertz CT molecular complexity index is 1340. The summed E-state index contributed by atoms with van der Waals surface area (Å²) >= 11 is 0. The second-order valence-electron chi connectivity index (χ2n) is 8.66.